The molecule has 1 unspecified atom stereocenters. The van der Waals surface area contributed by atoms with E-state index in [0.717, 1.165) is 0 Å². The maximum Gasteiger partial charge on any atom is 0.315 e. The van der Waals surface area contributed by atoms with Gasteiger partial charge in [-0.3, -0.25) is 14.8 Å². The van der Waals surface area contributed by atoms with Crippen molar-refractivity contribution in [1.82, 2.24) is 5.06 Å². The Morgan fingerprint density at radius 2 is 2.36 bits per heavy atom. The quantitative estimate of drug-likeness (QED) is 0.515. The minimum atomic E-state index is -1.08. The largest absolute Gasteiger partial charge is 0.488 e. The van der Waals surface area contributed by atoms with Crippen LogP contribution in [0.5, 0.6) is 0 Å². The highest BCUT2D eigenvalue weighted by Gasteiger charge is 2.34. The van der Waals surface area contributed by atoms with Gasteiger partial charge in [-0.25, -0.2) is 0 Å². The second-order valence-electron chi connectivity index (χ2n) is 2.61. The fourth-order valence-electron chi connectivity index (χ4n) is 1.02. The number of carbonyl (C=O) groups excluding carboxylic acids is 2. The van der Waals surface area contributed by atoms with Crippen molar-refractivity contribution in [2.75, 3.05) is 6.61 Å². The highest BCUT2D eigenvalue weighted by Crippen LogP contribution is 2.17. The molecule has 1 atom stereocenters. The van der Waals surface area contributed by atoms with Crippen molar-refractivity contribution in [3.8, 4) is 0 Å². The van der Waals surface area contributed by atoms with Crippen molar-refractivity contribution in [2.45, 2.75) is 20.1 Å². The second kappa shape index (κ2) is 4.10. The van der Waals surface area contributed by atoms with Gasteiger partial charge in [0.1, 0.15) is 0 Å². The van der Waals surface area contributed by atoms with E-state index >= 15 is 0 Å². The smallest absolute Gasteiger partial charge is 0.315 e. The van der Waals surface area contributed by atoms with Crippen LogP contribution in [0.4, 0.5) is 0 Å². The third kappa shape index (κ3) is 2.02. The molecular formula is C8H11NO5. The van der Waals surface area contributed by atoms with Gasteiger partial charge in [-0.2, -0.15) is 5.06 Å². The van der Waals surface area contributed by atoms with Gasteiger partial charge in [0.05, 0.1) is 6.61 Å². The van der Waals surface area contributed by atoms with Gasteiger partial charge in [0, 0.05) is 13.0 Å². The van der Waals surface area contributed by atoms with Gasteiger partial charge in [-0.15, -0.1) is 0 Å². The molecule has 1 rings (SSSR count). The molecule has 14 heavy (non-hydrogen) atoms. The van der Waals surface area contributed by atoms with Crippen molar-refractivity contribution < 1.29 is 24.3 Å². The Morgan fingerprint density at radius 3 is 2.86 bits per heavy atom. The summed E-state index contributed by atoms with van der Waals surface area (Å²) in [6.45, 7) is 3.19. The first-order valence-electron chi connectivity index (χ1n) is 4.10. The second-order valence-corrected chi connectivity index (χ2v) is 2.61. The molecule has 1 N–H and O–H groups in total. The molecule has 0 radical (unpaired) electrons. The molecule has 0 aromatic rings. The Morgan fingerprint density at radius 1 is 1.71 bits per heavy atom. The first kappa shape index (κ1) is 10.5. The number of esters is 1. The van der Waals surface area contributed by atoms with E-state index in [-0.39, 0.29) is 5.76 Å². The number of hydrogen-bond acceptors (Lipinski definition) is 5. The predicted octanol–water partition coefficient (Wildman–Crippen LogP) is 0.0274. The molecule has 0 saturated heterocycles. The average molecular weight is 201 g/mol. The summed E-state index contributed by atoms with van der Waals surface area (Å²) in [7, 11) is 0. The predicted molar refractivity (Wildman–Crippen MR) is 43.9 cm³/mol. The zero-order valence-corrected chi connectivity index (χ0v) is 7.89. The molecule has 6 heteroatoms. The molecule has 1 aliphatic heterocycles. The first-order valence-corrected chi connectivity index (χ1v) is 4.10. The van der Waals surface area contributed by atoms with Crippen LogP contribution >= 0.6 is 0 Å². The normalized spacial score (nSPS) is 20.8. The molecule has 1 aliphatic rings. The van der Waals surface area contributed by atoms with E-state index in [0.29, 0.717) is 11.7 Å². The SMILES string of the molecule is CCOC1=CC(OC(C)=O)N(O)C1=O. The molecule has 0 aromatic carbocycles. The van der Waals surface area contributed by atoms with E-state index in [1.165, 1.54) is 13.0 Å². The molecule has 0 bridgehead atoms. The molecule has 1 amide bonds. The molecule has 1 heterocycles. The number of nitrogens with zero attached hydrogens (tertiary/aromatic N) is 1. The summed E-state index contributed by atoms with van der Waals surface area (Å²) in [4.78, 5) is 21.8. The topological polar surface area (TPSA) is 76.1 Å². The number of hydroxylamine groups is 2. The zero-order chi connectivity index (χ0) is 10.7. The molecule has 0 aliphatic carbocycles. The lowest BCUT2D eigenvalue weighted by Crippen LogP contribution is -2.34. The first-order chi connectivity index (χ1) is 6.56. The van der Waals surface area contributed by atoms with Crippen LogP contribution in [-0.2, 0) is 19.1 Å². The van der Waals surface area contributed by atoms with Gasteiger partial charge in [-0.05, 0) is 6.92 Å². The van der Waals surface area contributed by atoms with Crippen molar-refractivity contribution in [3.63, 3.8) is 0 Å². The van der Waals surface area contributed by atoms with Gasteiger partial charge in [0.15, 0.2) is 5.76 Å². The summed E-state index contributed by atoms with van der Waals surface area (Å²) in [5.74, 6) is -1.31. The van der Waals surface area contributed by atoms with E-state index < -0.39 is 18.1 Å². The highest BCUT2D eigenvalue weighted by atomic mass is 16.6. The molecule has 0 aromatic heterocycles. The third-order valence-corrected chi connectivity index (χ3v) is 1.54. The lowest BCUT2D eigenvalue weighted by atomic mass is 10.5. The van der Waals surface area contributed by atoms with Crippen LogP contribution in [0.15, 0.2) is 11.8 Å². The molecular weight excluding hydrogens is 190 g/mol. The Kier molecular flexibility index (Phi) is 3.08. The minimum Gasteiger partial charge on any atom is -0.488 e. The molecule has 0 fully saturated rings. The van der Waals surface area contributed by atoms with Gasteiger partial charge in [-0.1, -0.05) is 0 Å². The number of ether oxygens (including phenoxy) is 2. The van der Waals surface area contributed by atoms with Crippen LogP contribution in [0.3, 0.4) is 0 Å². The van der Waals surface area contributed by atoms with Gasteiger partial charge in [0.25, 0.3) is 0 Å². The van der Waals surface area contributed by atoms with Crippen LogP contribution in [0.1, 0.15) is 13.8 Å². The summed E-state index contributed by atoms with van der Waals surface area (Å²) in [6.07, 6.45) is 0.161. The summed E-state index contributed by atoms with van der Waals surface area (Å²) in [5, 5.41) is 9.49. The van der Waals surface area contributed by atoms with Crippen molar-refractivity contribution in [2.24, 2.45) is 0 Å². The molecule has 6 nitrogen and oxygen atoms in total. The van der Waals surface area contributed by atoms with E-state index in [4.69, 9.17) is 4.74 Å². The van der Waals surface area contributed by atoms with Crippen LogP contribution in [0.25, 0.3) is 0 Å². The summed E-state index contributed by atoms with van der Waals surface area (Å²) < 4.78 is 9.55. The molecule has 0 saturated carbocycles. The number of carbonyl (C=O) groups is 2. The molecule has 78 valence electrons. The third-order valence-electron chi connectivity index (χ3n) is 1.54. The van der Waals surface area contributed by atoms with Crippen molar-refractivity contribution in [1.29, 1.82) is 0 Å². The standard InChI is InChI=1S/C8H11NO5/c1-3-13-6-4-7(14-5(2)10)9(12)8(6)11/h4,7,12H,3H2,1-2H3. The van der Waals surface area contributed by atoms with Crippen molar-refractivity contribution >= 4 is 11.9 Å². The van der Waals surface area contributed by atoms with E-state index in [1.54, 1.807) is 6.92 Å². The maximum absolute atomic E-state index is 11.2. The minimum absolute atomic E-state index is 0.0127. The van der Waals surface area contributed by atoms with E-state index in [2.05, 4.69) is 4.74 Å². The number of hydrogen-bond donors (Lipinski definition) is 1. The summed E-state index contributed by atoms with van der Waals surface area (Å²) >= 11 is 0. The van der Waals surface area contributed by atoms with Crippen LogP contribution < -0.4 is 0 Å². The number of rotatable bonds is 3. The number of amides is 1. The fourth-order valence-corrected chi connectivity index (χ4v) is 1.02. The lowest BCUT2D eigenvalue weighted by molar-refractivity contribution is -0.200. The zero-order valence-electron chi connectivity index (χ0n) is 7.89. The van der Waals surface area contributed by atoms with Crippen LogP contribution in [-0.4, -0.2) is 35.0 Å². The van der Waals surface area contributed by atoms with E-state index in [1.807, 2.05) is 0 Å². The Hall–Kier alpha value is -1.56. The van der Waals surface area contributed by atoms with E-state index in [9.17, 15) is 14.8 Å². The van der Waals surface area contributed by atoms with Crippen LogP contribution in [0.2, 0.25) is 0 Å². The van der Waals surface area contributed by atoms with Gasteiger partial charge in [0.2, 0.25) is 6.23 Å². The highest BCUT2D eigenvalue weighted by molar-refractivity contribution is 5.93. The van der Waals surface area contributed by atoms with Gasteiger partial charge < -0.3 is 9.47 Å². The fraction of sp³-hybridized carbons (Fsp3) is 0.500. The lowest BCUT2D eigenvalue weighted by Gasteiger charge is -2.15. The molecule has 0 spiro atoms. The average Bonchev–Trinajstić information content (AvgIpc) is 2.34. The monoisotopic (exact) mass is 201 g/mol. The summed E-state index contributed by atoms with van der Waals surface area (Å²) in [6, 6.07) is 0. The maximum atomic E-state index is 11.2. The van der Waals surface area contributed by atoms with Crippen LogP contribution in [0, 0.1) is 0 Å². The Labute approximate surface area is 80.7 Å². The Balaban J connectivity index is 2.70. The Bertz CT molecular complexity index is 285. The van der Waals surface area contributed by atoms with Gasteiger partial charge >= 0.3 is 11.9 Å². The summed E-state index contributed by atoms with van der Waals surface area (Å²) in [5.41, 5.74) is 0. The van der Waals surface area contributed by atoms with Crippen molar-refractivity contribution in [3.05, 3.63) is 11.8 Å².